The van der Waals surface area contributed by atoms with Crippen molar-refractivity contribution < 1.29 is 13.6 Å². The molecule has 1 amide bonds. The number of carbonyl (C=O) groups is 1. The van der Waals surface area contributed by atoms with Gasteiger partial charge < -0.3 is 4.90 Å². The van der Waals surface area contributed by atoms with E-state index >= 15 is 0 Å². The first kappa shape index (κ1) is 14.3. The number of halogens is 3. The Morgan fingerprint density at radius 1 is 1.32 bits per heavy atom. The monoisotopic (exact) mass is 287 g/mol. The highest BCUT2D eigenvalue weighted by atomic mass is 35.5. The maximum atomic E-state index is 13.6. The average Bonchev–Trinajstić information content (AvgIpc) is 2.41. The SMILES string of the molecule is CN(C(=O)c1cccc(F)c1F)C1CCCCC1Cl. The van der Waals surface area contributed by atoms with Crippen LogP contribution in [0.15, 0.2) is 18.2 Å². The molecule has 19 heavy (non-hydrogen) atoms. The van der Waals surface area contributed by atoms with Gasteiger partial charge in [0.15, 0.2) is 11.6 Å². The number of carbonyl (C=O) groups excluding carboxylic acids is 1. The van der Waals surface area contributed by atoms with Crippen molar-refractivity contribution in [3.63, 3.8) is 0 Å². The van der Waals surface area contributed by atoms with E-state index < -0.39 is 17.5 Å². The van der Waals surface area contributed by atoms with Crippen LogP contribution < -0.4 is 0 Å². The number of nitrogens with zero attached hydrogens (tertiary/aromatic N) is 1. The van der Waals surface area contributed by atoms with E-state index in [-0.39, 0.29) is 17.0 Å². The lowest BCUT2D eigenvalue weighted by Crippen LogP contribution is -2.44. The zero-order valence-corrected chi connectivity index (χ0v) is 11.5. The van der Waals surface area contributed by atoms with Gasteiger partial charge in [-0.25, -0.2) is 8.78 Å². The standard InChI is InChI=1S/C14H16ClF2NO/c1-18(12-8-3-2-6-10(12)15)14(19)9-5-4-7-11(16)13(9)17/h4-5,7,10,12H,2-3,6,8H2,1H3. The third-order valence-corrected chi connectivity index (χ3v) is 4.16. The van der Waals surface area contributed by atoms with Gasteiger partial charge in [-0.2, -0.15) is 0 Å². The summed E-state index contributed by atoms with van der Waals surface area (Å²) < 4.78 is 26.8. The van der Waals surface area contributed by atoms with Crippen LogP contribution in [-0.2, 0) is 0 Å². The molecule has 0 spiro atoms. The Labute approximate surface area is 116 Å². The second-order valence-electron chi connectivity index (χ2n) is 4.89. The minimum atomic E-state index is -1.10. The summed E-state index contributed by atoms with van der Waals surface area (Å²) in [7, 11) is 1.60. The fourth-order valence-electron chi connectivity index (χ4n) is 2.51. The molecule has 1 fully saturated rings. The van der Waals surface area contributed by atoms with Gasteiger partial charge >= 0.3 is 0 Å². The van der Waals surface area contributed by atoms with Gasteiger partial charge in [0.25, 0.3) is 5.91 Å². The van der Waals surface area contributed by atoms with Crippen LogP contribution in [-0.4, -0.2) is 29.3 Å². The van der Waals surface area contributed by atoms with E-state index in [0.717, 1.165) is 31.7 Å². The summed E-state index contributed by atoms with van der Waals surface area (Å²) in [5.41, 5.74) is -0.239. The Hall–Kier alpha value is -1.16. The average molecular weight is 288 g/mol. The fourth-order valence-corrected chi connectivity index (χ4v) is 2.96. The highest BCUT2D eigenvalue weighted by Gasteiger charge is 2.31. The largest absolute Gasteiger partial charge is 0.337 e. The third kappa shape index (κ3) is 2.89. The highest BCUT2D eigenvalue weighted by Crippen LogP contribution is 2.27. The lowest BCUT2D eigenvalue weighted by molar-refractivity contribution is 0.0694. The van der Waals surface area contributed by atoms with E-state index in [0.29, 0.717) is 0 Å². The van der Waals surface area contributed by atoms with Crippen LogP contribution in [0, 0.1) is 11.6 Å². The maximum absolute atomic E-state index is 13.6. The zero-order valence-electron chi connectivity index (χ0n) is 10.7. The number of benzene rings is 1. The van der Waals surface area contributed by atoms with Gasteiger partial charge in [0, 0.05) is 13.1 Å². The molecule has 2 atom stereocenters. The van der Waals surface area contributed by atoms with Crippen LogP contribution in [0.4, 0.5) is 8.78 Å². The van der Waals surface area contributed by atoms with Gasteiger partial charge in [-0.05, 0) is 25.0 Å². The molecule has 1 aromatic carbocycles. The van der Waals surface area contributed by atoms with Crippen molar-refractivity contribution in [2.24, 2.45) is 0 Å². The van der Waals surface area contributed by atoms with E-state index in [1.54, 1.807) is 7.05 Å². The Kier molecular flexibility index (Phi) is 4.40. The predicted octanol–water partition coefficient (Wildman–Crippen LogP) is 3.59. The van der Waals surface area contributed by atoms with Crippen LogP contribution in [0.3, 0.4) is 0 Å². The smallest absolute Gasteiger partial charge is 0.256 e. The first-order chi connectivity index (χ1) is 9.02. The second-order valence-corrected chi connectivity index (χ2v) is 5.45. The molecule has 1 saturated carbocycles. The van der Waals surface area contributed by atoms with Crippen LogP contribution in [0.5, 0.6) is 0 Å². The minimum Gasteiger partial charge on any atom is -0.337 e. The van der Waals surface area contributed by atoms with Crippen molar-refractivity contribution in [3.05, 3.63) is 35.4 Å². The summed E-state index contributed by atoms with van der Waals surface area (Å²) in [5, 5.41) is -0.126. The topological polar surface area (TPSA) is 20.3 Å². The van der Waals surface area contributed by atoms with Gasteiger partial charge in [0.05, 0.1) is 10.9 Å². The molecule has 0 aliphatic heterocycles. The van der Waals surface area contributed by atoms with E-state index in [4.69, 9.17) is 11.6 Å². The first-order valence-electron chi connectivity index (χ1n) is 6.37. The molecule has 0 saturated heterocycles. The number of rotatable bonds is 2. The molecule has 1 aromatic rings. The van der Waals surface area contributed by atoms with Crippen LogP contribution in [0.25, 0.3) is 0 Å². The quantitative estimate of drug-likeness (QED) is 0.761. The van der Waals surface area contributed by atoms with Crippen molar-refractivity contribution in [3.8, 4) is 0 Å². The summed E-state index contributed by atoms with van der Waals surface area (Å²) in [4.78, 5) is 13.7. The van der Waals surface area contributed by atoms with Crippen molar-refractivity contribution in [2.45, 2.75) is 37.1 Å². The molecule has 2 nitrogen and oxygen atoms in total. The van der Waals surface area contributed by atoms with Gasteiger partial charge in [-0.1, -0.05) is 18.9 Å². The van der Waals surface area contributed by atoms with E-state index in [2.05, 4.69) is 0 Å². The number of hydrogen-bond acceptors (Lipinski definition) is 1. The summed E-state index contributed by atoms with van der Waals surface area (Å²) >= 11 is 6.22. The molecule has 1 aliphatic carbocycles. The predicted molar refractivity (Wildman–Crippen MR) is 70.3 cm³/mol. The summed E-state index contributed by atoms with van der Waals surface area (Å²) in [6, 6.07) is 3.50. The Morgan fingerprint density at radius 2 is 2.00 bits per heavy atom. The van der Waals surface area contributed by atoms with Crippen molar-refractivity contribution >= 4 is 17.5 Å². The summed E-state index contributed by atoms with van der Waals surface area (Å²) in [6.45, 7) is 0. The zero-order chi connectivity index (χ0) is 14.0. The molecule has 0 N–H and O–H groups in total. The van der Waals surface area contributed by atoms with E-state index in [9.17, 15) is 13.6 Å². The molecule has 0 bridgehead atoms. The fraction of sp³-hybridized carbons (Fsp3) is 0.500. The molecule has 2 rings (SSSR count). The number of hydrogen-bond donors (Lipinski definition) is 0. The third-order valence-electron chi connectivity index (χ3n) is 3.65. The molecule has 0 heterocycles. The molecule has 2 unspecified atom stereocenters. The molecule has 104 valence electrons. The molecule has 1 aliphatic rings. The maximum Gasteiger partial charge on any atom is 0.256 e. The van der Waals surface area contributed by atoms with Crippen LogP contribution in [0.1, 0.15) is 36.0 Å². The number of amides is 1. The minimum absolute atomic E-state index is 0.120. The molecular formula is C14H16ClF2NO. The van der Waals surface area contributed by atoms with Gasteiger partial charge in [0.1, 0.15) is 0 Å². The lowest BCUT2D eigenvalue weighted by atomic mass is 9.93. The van der Waals surface area contributed by atoms with Crippen molar-refractivity contribution in [1.29, 1.82) is 0 Å². The second kappa shape index (κ2) is 5.87. The van der Waals surface area contributed by atoms with E-state index in [1.807, 2.05) is 0 Å². The molecule has 0 radical (unpaired) electrons. The first-order valence-corrected chi connectivity index (χ1v) is 6.81. The summed E-state index contributed by atoms with van der Waals surface area (Å²) in [6.07, 6.45) is 3.68. The molecular weight excluding hydrogens is 272 g/mol. The van der Waals surface area contributed by atoms with Crippen molar-refractivity contribution in [2.75, 3.05) is 7.05 Å². The molecule has 5 heteroatoms. The van der Waals surface area contributed by atoms with E-state index in [1.165, 1.54) is 17.0 Å². The van der Waals surface area contributed by atoms with Gasteiger partial charge in [0.2, 0.25) is 0 Å². The molecule has 0 aromatic heterocycles. The Balaban J connectivity index is 2.21. The van der Waals surface area contributed by atoms with Gasteiger partial charge in [-0.15, -0.1) is 11.6 Å². The summed E-state index contributed by atoms with van der Waals surface area (Å²) in [5.74, 6) is -2.62. The Morgan fingerprint density at radius 3 is 2.68 bits per heavy atom. The van der Waals surface area contributed by atoms with Crippen LogP contribution in [0.2, 0.25) is 0 Å². The highest BCUT2D eigenvalue weighted by molar-refractivity contribution is 6.21. The van der Waals surface area contributed by atoms with Crippen LogP contribution >= 0.6 is 11.6 Å². The Bertz CT molecular complexity index is 481. The van der Waals surface area contributed by atoms with Crippen molar-refractivity contribution in [1.82, 2.24) is 4.90 Å². The lowest BCUT2D eigenvalue weighted by Gasteiger charge is -2.35. The van der Waals surface area contributed by atoms with Gasteiger partial charge in [-0.3, -0.25) is 4.79 Å². The number of alkyl halides is 1. The normalized spacial score (nSPS) is 23.2.